The average Bonchev–Trinajstić information content (AvgIpc) is 3.20. The van der Waals surface area contributed by atoms with Crippen molar-refractivity contribution in [2.75, 3.05) is 13.6 Å². The highest BCUT2D eigenvalue weighted by Gasteiger charge is 2.28. The molecule has 0 saturated carbocycles. The van der Waals surface area contributed by atoms with Crippen LogP contribution in [0.25, 0.3) is 0 Å². The highest BCUT2D eigenvalue weighted by molar-refractivity contribution is 5.94. The molecular weight excluding hydrogens is 280 g/mol. The molecule has 2 amide bonds. The average molecular weight is 298 g/mol. The summed E-state index contributed by atoms with van der Waals surface area (Å²) in [4.78, 5) is 25.8. The van der Waals surface area contributed by atoms with Crippen LogP contribution in [0.4, 0.5) is 0 Å². The van der Waals surface area contributed by atoms with Gasteiger partial charge >= 0.3 is 0 Å². The molecule has 3 rings (SSSR count). The number of aryl methyl sites for hydroxylation is 1. The Morgan fingerprint density at radius 1 is 1.27 bits per heavy atom. The lowest BCUT2D eigenvalue weighted by molar-refractivity contribution is -0.131. The third-order valence-corrected chi connectivity index (χ3v) is 4.11. The molecule has 1 heterocycles. The number of amides is 2. The number of nitrogens with one attached hydrogen (secondary N) is 1. The van der Waals surface area contributed by atoms with E-state index in [-0.39, 0.29) is 30.2 Å². The number of carbonyl (C=O) groups is 2. The molecule has 0 aliphatic heterocycles. The Kier molecular flexibility index (Phi) is 3.96. The van der Waals surface area contributed by atoms with E-state index in [4.69, 9.17) is 4.42 Å². The zero-order valence-electron chi connectivity index (χ0n) is 12.4. The van der Waals surface area contributed by atoms with E-state index in [2.05, 4.69) is 17.4 Å². The van der Waals surface area contributed by atoms with Crippen molar-refractivity contribution < 1.29 is 14.0 Å². The first kappa shape index (κ1) is 14.4. The van der Waals surface area contributed by atoms with Crippen LogP contribution in [-0.4, -0.2) is 30.3 Å². The Hall–Kier alpha value is -2.56. The van der Waals surface area contributed by atoms with Gasteiger partial charge in [-0.1, -0.05) is 24.3 Å². The van der Waals surface area contributed by atoms with Gasteiger partial charge in [-0.2, -0.15) is 0 Å². The van der Waals surface area contributed by atoms with Gasteiger partial charge in [0.25, 0.3) is 5.91 Å². The standard InChI is InChI=1S/C17H18N2O3/c1-19(14-9-8-12-5-2-3-6-13(12)14)16(20)11-18-17(21)15-7-4-10-22-15/h2-7,10,14H,8-9,11H2,1H3,(H,18,21). The van der Waals surface area contributed by atoms with E-state index < -0.39 is 0 Å². The predicted octanol–water partition coefficient (Wildman–Crippen LogP) is 2.16. The van der Waals surface area contributed by atoms with Crippen molar-refractivity contribution >= 4 is 11.8 Å². The summed E-state index contributed by atoms with van der Waals surface area (Å²) in [6.45, 7) is -0.0330. The molecule has 0 radical (unpaired) electrons. The lowest BCUT2D eigenvalue weighted by Crippen LogP contribution is -2.39. The summed E-state index contributed by atoms with van der Waals surface area (Å²) in [5.41, 5.74) is 2.50. The van der Waals surface area contributed by atoms with Crippen molar-refractivity contribution in [1.29, 1.82) is 0 Å². The smallest absolute Gasteiger partial charge is 0.287 e. The van der Waals surface area contributed by atoms with Crippen molar-refractivity contribution in [2.45, 2.75) is 18.9 Å². The van der Waals surface area contributed by atoms with E-state index in [1.165, 1.54) is 17.4 Å². The van der Waals surface area contributed by atoms with Gasteiger partial charge < -0.3 is 14.6 Å². The van der Waals surface area contributed by atoms with Gasteiger partial charge in [-0.15, -0.1) is 0 Å². The molecule has 2 aromatic rings. The highest BCUT2D eigenvalue weighted by atomic mass is 16.3. The largest absolute Gasteiger partial charge is 0.459 e. The Morgan fingerprint density at radius 2 is 2.09 bits per heavy atom. The van der Waals surface area contributed by atoms with Gasteiger partial charge in [-0.25, -0.2) is 0 Å². The third-order valence-electron chi connectivity index (χ3n) is 4.11. The van der Waals surface area contributed by atoms with Gasteiger partial charge in [0.1, 0.15) is 0 Å². The Labute approximate surface area is 128 Å². The normalized spacial score (nSPS) is 16.1. The molecule has 1 atom stereocenters. The summed E-state index contributed by atoms with van der Waals surface area (Å²) >= 11 is 0. The fourth-order valence-corrected chi connectivity index (χ4v) is 2.89. The number of nitrogens with zero attached hydrogens (tertiary/aromatic N) is 1. The number of fused-ring (bicyclic) bond motifs is 1. The van der Waals surface area contributed by atoms with Crippen LogP contribution in [0, 0.1) is 0 Å². The van der Waals surface area contributed by atoms with Crippen molar-refractivity contribution in [3.8, 4) is 0 Å². The summed E-state index contributed by atoms with van der Waals surface area (Å²) in [6, 6.07) is 11.5. The number of rotatable bonds is 4. The maximum atomic E-state index is 12.3. The molecule has 0 bridgehead atoms. The number of furan rings is 1. The van der Waals surface area contributed by atoms with E-state index in [1.54, 1.807) is 24.1 Å². The summed E-state index contributed by atoms with van der Waals surface area (Å²) in [5.74, 6) is -0.276. The summed E-state index contributed by atoms with van der Waals surface area (Å²) in [6.07, 6.45) is 3.34. The summed E-state index contributed by atoms with van der Waals surface area (Å²) in [7, 11) is 1.79. The highest BCUT2D eigenvalue weighted by Crippen LogP contribution is 2.34. The van der Waals surface area contributed by atoms with Gasteiger partial charge in [0.05, 0.1) is 18.8 Å². The minimum absolute atomic E-state index is 0.0330. The van der Waals surface area contributed by atoms with Gasteiger partial charge in [0, 0.05) is 7.05 Å². The molecule has 5 heteroatoms. The molecule has 0 saturated heterocycles. The van der Waals surface area contributed by atoms with Gasteiger partial charge in [-0.3, -0.25) is 9.59 Å². The van der Waals surface area contributed by atoms with Gasteiger partial charge in [0.15, 0.2) is 5.76 Å². The first-order valence-corrected chi connectivity index (χ1v) is 7.32. The van der Waals surface area contributed by atoms with E-state index in [0.717, 1.165) is 12.8 Å². The molecule has 1 aromatic carbocycles. The molecule has 1 unspecified atom stereocenters. The lowest BCUT2D eigenvalue weighted by atomic mass is 10.1. The van der Waals surface area contributed by atoms with Crippen LogP contribution in [0.5, 0.6) is 0 Å². The number of benzene rings is 1. The minimum atomic E-state index is -0.376. The number of likely N-dealkylation sites (N-methyl/N-ethyl adjacent to an activating group) is 1. The van der Waals surface area contributed by atoms with Gasteiger partial charge in [0.2, 0.25) is 5.91 Å². The number of carbonyl (C=O) groups excluding carboxylic acids is 2. The minimum Gasteiger partial charge on any atom is -0.459 e. The summed E-state index contributed by atoms with van der Waals surface area (Å²) in [5, 5.41) is 2.59. The van der Waals surface area contributed by atoms with Crippen molar-refractivity contribution in [1.82, 2.24) is 10.2 Å². The predicted molar refractivity (Wildman–Crippen MR) is 81.3 cm³/mol. The first-order chi connectivity index (χ1) is 10.7. The SMILES string of the molecule is CN(C(=O)CNC(=O)c1ccco1)C1CCc2ccccc21. The molecule has 114 valence electrons. The molecule has 22 heavy (non-hydrogen) atoms. The van der Waals surface area contributed by atoms with Gasteiger partial charge in [-0.05, 0) is 36.1 Å². The van der Waals surface area contributed by atoms with Crippen molar-refractivity contribution in [3.05, 3.63) is 59.5 Å². The van der Waals surface area contributed by atoms with E-state index in [9.17, 15) is 9.59 Å². The number of hydrogen-bond donors (Lipinski definition) is 1. The molecule has 1 aliphatic carbocycles. The number of hydrogen-bond acceptors (Lipinski definition) is 3. The first-order valence-electron chi connectivity index (χ1n) is 7.32. The Morgan fingerprint density at radius 3 is 2.86 bits per heavy atom. The molecule has 0 spiro atoms. The second-order valence-electron chi connectivity index (χ2n) is 5.42. The summed E-state index contributed by atoms with van der Waals surface area (Å²) < 4.78 is 5.00. The lowest BCUT2D eigenvalue weighted by Gasteiger charge is -2.25. The Balaban J connectivity index is 1.60. The molecule has 1 aliphatic rings. The molecular formula is C17H18N2O3. The van der Waals surface area contributed by atoms with Crippen molar-refractivity contribution in [3.63, 3.8) is 0 Å². The van der Waals surface area contributed by atoms with Crippen LogP contribution in [0.15, 0.2) is 47.1 Å². The third kappa shape index (κ3) is 2.74. The monoisotopic (exact) mass is 298 g/mol. The fraction of sp³-hybridized carbons (Fsp3) is 0.294. The maximum absolute atomic E-state index is 12.3. The van der Waals surface area contributed by atoms with Crippen molar-refractivity contribution in [2.24, 2.45) is 0 Å². The van der Waals surface area contributed by atoms with Crippen LogP contribution in [0.1, 0.15) is 34.1 Å². The second-order valence-corrected chi connectivity index (χ2v) is 5.42. The van der Waals surface area contributed by atoms with E-state index in [0.29, 0.717) is 0 Å². The molecule has 0 fully saturated rings. The molecule has 1 N–H and O–H groups in total. The van der Waals surface area contributed by atoms with Crippen LogP contribution < -0.4 is 5.32 Å². The quantitative estimate of drug-likeness (QED) is 0.941. The van der Waals surface area contributed by atoms with Crippen LogP contribution in [0.3, 0.4) is 0 Å². The Bertz CT molecular complexity index is 679. The van der Waals surface area contributed by atoms with E-state index in [1.807, 2.05) is 12.1 Å². The maximum Gasteiger partial charge on any atom is 0.287 e. The van der Waals surface area contributed by atoms with Crippen LogP contribution >= 0.6 is 0 Å². The molecule has 5 nitrogen and oxygen atoms in total. The van der Waals surface area contributed by atoms with Crippen LogP contribution in [-0.2, 0) is 11.2 Å². The zero-order valence-corrected chi connectivity index (χ0v) is 12.4. The fourth-order valence-electron chi connectivity index (χ4n) is 2.89. The van der Waals surface area contributed by atoms with E-state index >= 15 is 0 Å². The molecule has 1 aromatic heterocycles. The zero-order chi connectivity index (χ0) is 15.5. The van der Waals surface area contributed by atoms with Crippen LogP contribution in [0.2, 0.25) is 0 Å². The second kappa shape index (κ2) is 6.05. The topological polar surface area (TPSA) is 62.6 Å².